The summed E-state index contributed by atoms with van der Waals surface area (Å²) in [4.78, 5) is 24.1. The number of rotatable bonds is 3. The van der Waals surface area contributed by atoms with Gasteiger partial charge in [-0.2, -0.15) is 0 Å². The third kappa shape index (κ3) is 2.49. The fourth-order valence-corrected chi connectivity index (χ4v) is 1.70. The Hall–Kier alpha value is -1.62. The zero-order valence-corrected chi connectivity index (χ0v) is 8.96. The molecule has 1 aromatic rings. The molecule has 0 spiro atoms. The highest BCUT2D eigenvalue weighted by atomic mass is 16.5. The van der Waals surface area contributed by atoms with E-state index < -0.39 is 0 Å². The van der Waals surface area contributed by atoms with Gasteiger partial charge in [0.05, 0.1) is 13.2 Å². The van der Waals surface area contributed by atoms with Gasteiger partial charge >= 0.3 is 0 Å². The van der Waals surface area contributed by atoms with Crippen molar-refractivity contribution in [3.8, 4) is 0 Å². The van der Waals surface area contributed by atoms with Crippen LogP contribution < -0.4 is 0 Å². The molecule has 1 amide bonds. The van der Waals surface area contributed by atoms with Crippen LogP contribution in [0.3, 0.4) is 0 Å². The minimum absolute atomic E-state index is 0.0661. The Balaban J connectivity index is 1.92. The van der Waals surface area contributed by atoms with Crippen LogP contribution in [0.2, 0.25) is 0 Å². The van der Waals surface area contributed by atoms with E-state index in [4.69, 9.17) is 4.74 Å². The second kappa shape index (κ2) is 4.94. The van der Waals surface area contributed by atoms with Crippen molar-refractivity contribution in [2.45, 2.75) is 6.54 Å². The summed E-state index contributed by atoms with van der Waals surface area (Å²) >= 11 is 0. The third-order valence-corrected chi connectivity index (χ3v) is 2.59. The van der Waals surface area contributed by atoms with Gasteiger partial charge in [-0.1, -0.05) is 0 Å². The Bertz CT molecular complexity index is 380. The van der Waals surface area contributed by atoms with Crippen LogP contribution in [0.5, 0.6) is 0 Å². The number of hydrogen-bond donors (Lipinski definition) is 0. The Morgan fingerprint density at radius 2 is 2.19 bits per heavy atom. The number of amides is 1. The van der Waals surface area contributed by atoms with Crippen LogP contribution in [0.1, 0.15) is 10.4 Å². The first-order chi connectivity index (χ1) is 7.79. The molecular formula is C11H14N2O3. The number of carbonyl (C=O) groups is 2. The van der Waals surface area contributed by atoms with Crippen LogP contribution in [-0.2, 0) is 16.1 Å². The number of carbonyl (C=O) groups excluding carboxylic acids is 2. The van der Waals surface area contributed by atoms with Gasteiger partial charge < -0.3 is 14.2 Å². The number of aldehydes is 1. The topological polar surface area (TPSA) is 51.5 Å². The Kier molecular flexibility index (Phi) is 3.36. The zero-order valence-electron chi connectivity index (χ0n) is 8.96. The van der Waals surface area contributed by atoms with Crippen LogP contribution in [0.4, 0.5) is 0 Å². The molecule has 0 N–H and O–H groups in total. The molecule has 5 heteroatoms. The molecule has 0 atom stereocenters. The van der Waals surface area contributed by atoms with Gasteiger partial charge in [0, 0.05) is 31.0 Å². The van der Waals surface area contributed by atoms with Crippen molar-refractivity contribution in [1.82, 2.24) is 9.47 Å². The van der Waals surface area contributed by atoms with E-state index in [-0.39, 0.29) is 12.5 Å². The molecule has 2 heterocycles. The summed E-state index contributed by atoms with van der Waals surface area (Å²) in [5, 5.41) is 0. The third-order valence-electron chi connectivity index (χ3n) is 2.59. The highest BCUT2D eigenvalue weighted by Gasteiger charge is 2.16. The molecule has 1 aromatic heterocycles. The summed E-state index contributed by atoms with van der Waals surface area (Å²) in [6.45, 7) is 2.81. The van der Waals surface area contributed by atoms with Crippen LogP contribution >= 0.6 is 0 Å². The van der Waals surface area contributed by atoms with E-state index in [9.17, 15) is 9.59 Å². The highest BCUT2D eigenvalue weighted by Crippen LogP contribution is 2.02. The molecule has 86 valence electrons. The molecule has 0 saturated carbocycles. The smallest absolute Gasteiger partial charge is 0.242 e. The molecule has 1 saturated heterocycles. The summed E-state index contributed by atoms with van der Waals surface area (Å²) in [5.41, 5.74) is 0.592. The van der Waals surface area contributed by atoms with Crippen LogP contribution in [0.15, 0.2) is 18.5 Å². The number of nitrogens with zero attached hydrogens (tertiary/aromatic N) is 2. The van der Waals surface area contributed by atoms with Crippen molar-refractivity contribution in [1.29, 1.82) is 0 Å². The standard InChI is InChI=1S/C11H14N2O3/c14-9-10-1-2-12(7-10)8-11(15)13-3-5-16-6-4-13/h1-2,7,9H,3-6,8H2. The SMILES string of the molecule is O=Cc1ccn(CC(=O)N2CCOCC2)c1. The number of ether oxygens (including phenoxy) is 1. The molecule has 1 aliphatic heterocycles. The minimum atomic E-state index is 0.0661. The molecule has 0 aromatic carbocycles. The largest absolute Gasteiger partial charge is 0.378 e. The number of aromatic nitrogens is 1. The fourth-order valence-electron chi connectivity index (χ4n) is 1.70. The van der Waals surface area contributed by atoms with Crippen molar-refractivity contribution in [3.05, 3.63) is 24.0 Å². The molecule has 16 heavy (non-hydrogen) atoms. The fraction of sp³-hybridized carbons (Fsp3) is 0.455. The zero-order chi connectivity index (χ0) is 11.4. The average Bonchev–Trinajstić information content (AvgIpc) is 2.78. The maximum atomic E-state index is 11.8. The molecule has 0 bridgehead atoms. The quantitative estimate of drug-likeness (QED) is 0.684. The lowest BCUT2D eigenvalue weighted by Crippen LogP contribution is -2.42. The van der Waals surface area contributed by atoms with E-state index in [0.29, 0.717) is 31.9 Å². The van der Waals surface area contributed by atoms with E-state index in [1.54, 1.807) is 27.9 Å². The molecule has 1 aliphatic rings. The van der Waals surface area contributed by atoms with Crippen molar-refractivity contribution >= 4 is 12.2 Å². The van der Waals surface area contributed by atoms with Gasteiger partial charge in [-0.05, 0) is 6.07 Å². The first-order valence-corrected chi connectivity index (χ1v) is 5.26. The Labute approximate surface area is 93.6 Å². The van der Waals surface area contributed by atoms with Crippen molar-refractivity contribution in [2.75, 3.05) is 26.3 Å². The van der Waals surface area contributed by atoms with Crippen LogP contribution in [0, 0.1) is 0 Å². The molecule has 2 rings (SSSR count). The van der Waals surface area contributed by atoms with E-state index in [1.807, 2.05) is 0 Å². The first-order valence-electron chi connectivity index (χ1n) is 5.26. The van der Waals surface area contributed by atoms with Gasteiger partial charge in [-0.15, -0.1) is 0 Å². The van der Waals surface area contributed by atoms with Gasteiger partial charge in [0.1, 0.15) is 6.54 Å². The summed E-state index contributed by atoms with van der Waals surface area (Å²) < 4.78 is 6.90. The summed E-state index contributed by atoms with van der Waals surface area (Å²) in [6.07, 6.45) is 4.18. The monoisotopic (exact) mass is 222 g/mol. The maximum Gasteiger partial charge on any atom is 0.242 e. The Morgan fingerprint density at radius 1 is 1.44 bits per heavy atom. The van der Waals surface area contributed by atoms with E-state index >= 15 is 0 Å². The predicted octanol–water partition coefficient (Wildman–Crippen LogP) is 0.159. The molecule has 5 nitrogen and oxygen atoms in total. The Morgan fingerprint density at radius 3 is 2.81 bits per heavy atom. The van der Waals surface area contributed by atoms with E-state index in [1.165, 1.54) is 0 Å². The van der Waals surface area contributed by atoms with Gasteiger partial charge in [0.2, 0.25) is 5.91 Å². The van der Waals surface area contributed by atoms with Crippen LogP contribution in [0.25, 0.3) is 0 Å². The van der Waals surface area contributed by atoms with Gasteiger partial charge in [0.25, 0.3) is 0 Å². The lowest BCUT2D eigenvalue weighted by atomic mass is 10.4. The lowest BCUT2D eigenvalue weighted by molar-refractivity contribution is -0.135. The van der Waals surface area contributed by atoms with Crippen molar-refractivity contribution < 1.29 is 14.3 Å². The second-order valence-corrected chi connectivity index (χ2v) is 3.73. The van der Waals surface area contributed by atoms with Crippen molar-refractivity contribution in [3.63, 3.8) is 0 Å². The summed E-state index contributed by atoms with van der Waals surface area (Å²) in [6, 6.07) is 1.69. The summed E-state index contributed by atoms with van der Waals surface area (Å²) in [5.74, 6) is 0.0661. The maximum absolute atomic E-state index is 11.8. The highest BCUT2D eigenvalue weighted by molar-refractivity contribution is 5.77. The van der Waals surface area contributed by atoms with Gasteiger partial charge in [-0.3, -0.25) is 9.59 Å². The van der Waals surface area contributed by atoms with Crippen molar-refractivity contribution in [2.24, 2.45) is 0 Å². The predicted molar refractivity (Wildman–Crippen MR) is 57.2 cm³/mol. The normalized spacial score (nSPS) is 16.1. The molecular weight excluding hydrogens is 208 g/mol. The number of hydrogen-bond acceptors (Lipinski definition) is 3. The molecule has 1 fully saturated rings. The molecule has 0 aliphatic carbocycles. The number of morpholine rings is 1. The van der Waals surface area contributed by atoms with Crippen LogP contribution in [-0.4, -0.2) is 48.0 Å². The lowest BCUT2D eigenvalue weighted by Gasteiger charge is -2.26. The molecule has 0 radical (unpaired) electrons. The minimum Gasteiger partial charge on any atom is -0.378 e. The summed E-state index contributed by atoms with van der Waals surface area (Å²) in [7, 11) is 0. The molecule has 0 unspecified atom stereocenters. The van der Waals surface area contributed by atoms with Gasteiger partial charge in [0.15, 0.2) is 6.29 Å². The second-order valence-electron chi connectivity index (χ2n) is 3.73. The van der Waals surface area contributed by atoms with E-state index in [0.717, 1.165) is 6.29 Å². The average molecular weight is 222 g/mol. The first kappa shape index (κ1) is 10.9. The van der Waals surface area contributed by atoms with E-state index in [2.05, 4.69) is 0 Å². The van der Waals surface area contributed by atoms with Gasteiger partial charge in [-0.25, -0.2) is 0 Å².